The van der Waals surface area contributed by atoms with Crippen LogP contribution in [0.15, 0.2) is 18.2 Å². The number of benzene rings is 1. The zero-order valence-electron chi connectivity index (χ0n) is 9.39. The maximum atomic E-state index is 11.7. The summed E-state index contributed by atoms with van der Waals surface area (Å²) in [6.45, 7) is 3.96. The molecule has 2 nitrogen and oxygen atoms in total. The highest BCUT2D eigenvalue weighted by atomic mass is 35.5. The van der Waals surface area contributed by atoms with Gasteiger partial charge in [0.1, 0.15) is 0 Å². The SMILES string of the molecule is CCC[C@H](C)C(=O)Nc1cc(Cl)cc(Cl)c1. The van der Waals surface area contributed by atoms with E-state index in [1.165, 1.54) is 0 Å². The van der Waals surface area contributed by atoms with Gasteiger partial charge in [-0.15, -0.1) is 0 Å². The molecule has 0 saturated carbocycles. The molecule has 0 aliphatic rings. The fraction of sp³-hybridized carbons (Fsp3) is 0.417. The number of carbonyl (C=O) groups excluding carboxylic acids is 1. The number of hydrogen-bond donors (Lipinski definition) is 1. The molecule has 1 aromatic rings. The second kappa shape index (κ2) is 6.12. The first-order valence-corrected chi connectivity index (χ1v) is 6.05. The van der Waals surface area contributed by atoms with Gasteiger partial charge in [0.2, 0.25) is 5.91 Å². The lowest BCUT2D eigenvalue weighted by Crippen LogP contribution is -2.20. The summed E-state index contributed by atoms with van der Waals surface area (Å²) in [6, 6.07) is 5.00. The van der Waals surface area contributed by atoms with Crippen LogP contribution in [0, 0.1) is 5.92 Å². The van der Waals surface area contributed by atoms with Crippen LogP contribution in [0.2, 0.25) is 10.0 Å². The molecular weight excluding hydrogens is 245 g/mol. The number of hydrogen-bond acceptors (Lipinski definition) is 1. The second-order valence-electron chi connectivity index (χ2n) is 3.84. The average Bonchev–Trinajstić information content (AvgIpc) is 2.16. The number of amides is 1. The van der Waals surface area contributed by atoms with Gasteiger partial charge in [-0.2, -0.15) is 0 Å². The second-order valence-corrected chi connectivity index (χ2v) is 4.71. The molecule has 0 aliphatic heterocycles. The zero-order chi connectivity index (χ0) is 12.1. The van der Waals surface area contributed by atoms with Gasteiger partial charge < -0.3 is 5.32 Å². The van der Waals surface area contributed by atoms with E-state index < -0.39 is 0 Å². The molecular formula is C12H15Cl2NO. The van der Waals surface area contributed by atoms with Crippen molar-refractivity contribution in [3.05, 3.63) is 28.2 Å². The van der Waals surface area contributed by atoms with E-state index in [1.54, 1.807) is 18.2 Å². The van der Waals surface area contributed by atoms with Crippen molar-refractivity contribution in [1.29, 1.82) is 0 Å². The fourth-order valence-corrected chi connectivity index (χ4v) is 1.98. The normalized spacial score (nSPS) is 12.2. The van der Waals surface area contributed by atoms with E-state index in [9.17, 15) is 4.79 Å². The quantitative estimate of drug-likeness (QED) is 0.855. The zero-order valence-corrected chi connectivity index (χ0v) is 10.9. The Balaban J connectivity index is 2.69. The van der Waals surface area contributed by atoms with Gasteiger partial charge in [-0.05, 0) is 24.6 Å². The third kappa shape index (κ3) is 4.03. The largest absolute Gasteiger partial charge is 0.326 e. The van der Waals surface area contributed by atoms with Crippen molar-refractivity contribution in [3.63, 3.8) is 0 Å². The molecule has 0 heterocycles. The molecule has 4 heteroatoms. The minimum atomic E-state index is 0.000170. The van der Waals surface area contributed by atoms with Gasteiger partial charge in [0.25, 0.3) is 0 Å². The van der Waals surface area contributed by atoms with E-state index in [1.807, 2.05) is 6.92 Å². The van der Waals surface area contributed by atoms with Crippen LogP contribution in [0.25, 0.3) is 0 Å². The van der Waals surface area contributed by atoms with Crippen molar-refractivity contribution < 1.29 is 4.79 Å². The third-order valence-electron chi connectivity index (χ3n) is 2.30. The number of halogens is 2. The number of rotatable bonds is 4. The Kier molecular flexibility index (Phi) is 5.10. The molecule has 0 unspecified atom stereocenters. The van der Waals surface area contributed by atoms with Crippen molar-refractivity contribution in [2.45, 2.75) is 26.7 Å². The molecule has 0 aliphatic carbocycles. The van der Waals surface area contributed by atoms with Gasteiger partial charge in [-0.25, -0.2) is 0 Å². The highest BCUT2D eigenvalue weighted by Gasteiger charge is 2.12. The Hall–Kier alpha value is -0.730. The predicted molar refractivity (Wildman–Crippen MR) is 69.2 cm³/mol. The first-order chi connectivity index (χ1) is 7.52. The van der Waals surface area contributed by atoms with Crippen LogP contribution in [-0.2, 0) is 4.79 Å². The van der Waals surface area contributed by atoms with E-state index in [4.69, 9.17) is 23.2 Å². The number of nitrogens with one attached hydrogen (secondary N) is 1. The standard InChI is InChI=1S/C12H15Cl2NO/c1-3-4-8(2)12(16)15-11-6-9(13)5-10(14)7-11/h5-8H,3-4H2,1-2H3,(H,15,16)/t8-/m0/s1. The molecule has 1 amide bonds. The maximum absolute atomic E-state index is 11.7. The molecule has 0 bridgehead atoms. The van der Waals surface area contributed by atoms with E-state index in [2.05, 4.69) is 12.2 Å². The summed E-state index contributed by atoms with van der Waals surface area (Å²) in [5.41, 5.74) is 0.644. The monoisotopic (exact) mass is 259 g/mol. The van der Waals surface area contributed by atoms with Crippen LogP contribution in [0.3, 0.4) is 0 Å². The molecule has 1 aromatic carbocycles. The summed E-state index contributed by atoms with van der Waals surface area (Å²) in [5, 5.41) is 3.84. The average molecular weight is 260 g/mol. The van der Waals surface area contributed by atoms with Crippen LogP contribution in [0.4, 0.5) is 5.69 Å². The Labute approximate surface area is 106 Å². The molecule has 0 aromatic heterocycles. The van der Waals surface area contributed by atoms with Gasteiger partial charge in [0, 0.05) is 21.7 Å². The Morgan fingerprint density at radius 2 is 1.88 bits per heavy atom. The van der Waals surface area contributed by atoms with Gasteiger partial charge >= 0.3 is 0 Å². The first-order valence-electron chi connectivity index (χ1n) is 5.30. The highest BCUT2D eigenvalue weighted by Crippen LogP contribution is 2.23. The Morgan fingerprint density at radius 3 is 2.38 bits per heavy atom. The third-order valence-corrected chi connectivity index (χ3v) is 2.74. The molecule has 16 heavy (non-hydrogen) atoms. The lowest BCUT2D eigenvalue weighted by molar-refractivity contribution is -0.119. The topological polar surface area (TPSA) is 29.1 Å². The number of anilines is 1. The minimum absolute atomic E-state index is 0.000170. The smallest absolute Gasteiger partial charge is 0.227 e. The molecule has 1 rings (SSSR count). The Morgan fingerprint density at radius 1 is 1.31 bits per heavy atom. The van der Waals surface area contributed by atoms with Crippen LogP contribution in [0.1, 0.15) is 26.7 Å². The van der Waals surface area contributed by atoms with E-state index >= 15 is 0 Å². The summed E-state index contributed by atoms with van der Waals surface area (Å²) >= 11 is 11.7. The summed E-state index contributed by atoms with van der Waals surface area (Å²) in [4.78, 5) is 11.7. The van der Waals surface area contributed by atoms with Crippen molar-refractivity contribution in [2.24, 2.45) is 5.92 Å². The molecule has 1 atom stereocenters. The fourth-order valence-electron chi connectivity index (χ4n) is 1.46. The van der Waals surface area contributed by atoms with Gasteiger partial charge in [-0.1, -0.05) is 43.5 Å². The molecule has 88 valence electrons. The van der Waals surface area contributed by atoms with Crippen molar-refractivity contribution >= 4 is 34.8 Å². The summed E-state index contributed by atoms with van der Waals surface area (Å²) in [7, 11) is 0. The summed E-state index contributed by atoms with van der Waals surface area (Å²) in [5.74, 6) is 0.00272. The van der Waals surface area contributed by atoms with Crippen LogP contribution < -0.4 is 5.32 Å². The molecule has 0 spiro atoms. The lowest BCUT2D eigenvalue weighted by Gasteiger charge is -2.11. The number of carbonyl (C=O) groups is 1. The van der Waals surface area contributed by atoms with Crippen molar-refractivity contribution in [1.82, 2.24) is 0 Å². The Bertz CT molecular complexity index is 359. The summed E-state index contributed by atoms with van der Waals surface area (Å²) < 4.78 is 0. The summed E-state index contributed by atoms with van der Waals surface area (Å²) in [6.07, 6.45) is 1.87. The first kappa shape index (κ1) is 13.3. The van der Waals surface area contributed by atoms with Gasteiger partial charge in [0.15, 0.2) is 0 Å². The maximum Gasteiger partial charge on any atom is 0.227 e. The molecule has 0 radical (unpaired) electrons. The predicted octanol–water partition coefficient (Wildman–Crippen LogP) is 4.37. The van der Waals surface area contributed by atoms with Gasteiger partial charge in [0.05, 0.1) is 0 Å². The highest BCUT2D eigenvalue weighted by molar-refractivity contribution is 6.35. The van der Waals surface area contributed by atoms with E-state index in [0.717, 1.165) is 12.8 Å². The lowest BCUT2D eigenvalue weighted by atomic mass is 10.1. The van der Waals surface area contributed by atoms with Gasteiger partial charge in [-0.3, -0.25) is 4.79 Å². The van der Waals surface area contributed by atoms with E-state index in [0.29, 0.717) is 15.7 Å². The van der Waals surface area contributed by atoms with Crippen LogP contribution in [-0.4, -0.2) is 5.91 Å². The van der Waals surface area contributed by atoms with Crippen molar-refractivity contribution in [2.75, 3.05) is 5.32 Å². The molecule has 0 saturated heterocycles. The van der Waals surface area contributed by atoms with Crippen LogP contribution in [0.5, 0.6) is 0 Å². The molecule has 0 fully saturated rings. The van der Waals surface area contributed by atoms with Crippen LogP contribution >= 0.6 is 23.2 Å². The van der Waals surface area contributed by atoms with E-state index in [-0.39, 0.29) is 11.8 Å². The molecule has 1 N–H and O–H groups in total. The minimum Gasteiger partial charge on any atom is -0.326 e. The van der Waals surface area contributed by atoms with Crippen molar-refractivity contribution in [3.8, 4) is 0 Å².